The van der Waals surface area contributed by atoms with Crippen molar-refractivity contribution in [3.63, 3.8) is 0 Å². The van der Waals surface area contributed by atoms with E-state index >= 15 is 0 Å². The first-order chi connectivity index (χ1) is 5.61. The summed E-state index contributed by atoms with van der Waals surface area (Å²) >= 11 is 3.12. The van der Waals surface area contributed by atoms with Crippen molar-refractivity contribution < 1.29 is 4.79 Å². The third kappa shape index (κ3) is 2.01. The lowest BCUT2D eigenvalue weighted by Gasteiger charge is -2.12. The van der Waals surface area contributed by atoms with Crippen molar-refractivity contribution in [2.75, 3.05) is 11.9 Å². The molecule has 0 aliphatic carbocycles. The van der Waals surface area contributed by atoms with Gasteiger partial charge in [-0.1, -0.05) is 0 Å². The third-order valence-corrected chi connectivity index (χ3v) is 1.81. The van der Waals surface area contributed by atoms with E-state index in [4.69, 9.17) is 0 Å². The Balaban J connectivity index is 2.95. The fraction of sp³-hybridized carbons (Fsp3) is 0.286. The highest BCUT2D eigenvalue weighted by molar-refractivity contribution is 9.10. The summed E-state index contributed by atoms with van der Waals surface area (Å²) in [4.78, 5) is 20.2. The second kappa shape index (κ2) is 3.62. The zero-order valence-corrected chi connectivity index (χ0v) is 8.37. The van der Waals surface area contributed by atoms with Crippen LogP contribution in [0.4, 0.5) is 5.82 Å². The molecule has 5 heteroatoms. The lowest BCUT2D eigenvalue weighted by atomic mass is 10.5. The van der Waals surface area contributed by atoms with Gasteiger partial charge in [0.15, 0.2) is 4.73 Å². The molecular formula is C7H8BrN3O. The Hall–Kier alpha value is -0.970. The predicted octanol–water partition coefficient (Wildman–Crippen LogP) is 1.22. The number of nitrogens with zero attached hydrogens (tertiary/aromatic N) is 3. The Morgan fingerprint density at radius 3 is 2.83 bits per heavy atom. The number of anilines is 1. The first kappa shape index (κ1) is 9.12. The van der Waals surface area contributed by atoms with E-state index in [1.807, 2.05) is 0 Å². The minimum atomic E-state index is -0.0550. The minimum Gasteiger partial charge on any atom is -0.300 e. The summed E-state index contributed by atoms with van der Waals surface area (Å²) in [6, 6.07) is 1.67. The summed E-state index contributed by atoms with van der Waals surface area (Å²) in [7, 11) is 1.66. The summed E-state index contributed by atoms with van der Waals surface area (Å²) < 4.78 is 0.480. The second-order valence-corrected chi connectivity index (χ2v) is 2.97. The van der Waals surface area contributed by atoms with Gasteiger partial charge in [-0.3, -0.25) is 4.79 Å². The van der Waals surface area contributed by atoms with Crippen LogP contribution in [0, 0.1) is 0 Å². The van der Waals surface area contributed by atoms with E-state index in [-0.39, 0.29) is 5.91 Å². The molecule has 0 aromatic carbocycles. The van der Waals surface area contributed by atoms with Crippen LogP contribution in [0.2, 0.25) is 0 Å². The molecule has 1 rings (SSSR count). The Kier molecular flexibility index (Phi) is 2.75. The number of hydrogen-bond donors (Lipinski definition) is 0. The van der Waals surface area contributed by atoms with Gasteiger partial charge in [0.2, 0.25) is 5.91 Å². The molecule has 1 aromatic heterocycles. The second-order valence-electron chi connectivity index (χ2n) is 2.26. The van der Waals surface area contributed by atoms with Crippen molar-refractivity contribution in [2.45, 2.75) is 6.92 Å². The highest BCUT2D eigenvalue weighted by Crippen LogP contribution is 2.10. The molecule has 64 valence electrons. The van der Waals surface area contributed by atoms with E-state index in [1.54, 1.807) is 19.3 Å². The van der Waals surface area contributed by atoms with Gasteiger partial charge < -0.3 is 4.90 Å². The van der Waals surface area contributed by atoms with E-state index in [0.717, 1.165) is 0 Å². The quantitative estimate of drug-likeness (QED) is 0.681. The summed E-state index contributed by atoms with van der Waals surface area (Å²) in [5, 5.41) is 0. The molecule has 0 N–H and O–H groups in total. The molecule has 0 saturated heterocycles. The number of amides is 1. The van der Waals surface area contributed by atoms with Gasteiger partial charge in [0, 0.05) is 20.2 Å². The zero-order chi connectivity index (χ0) is 9.14. The zero-order valence-electron chi connectivity index (χ0n) is 6.78. The van der Waals surface area contributed by atoms with Crippen LogP contribution in [0.3, 0.4) is 0 Å². The van der Waals surface area contributed by atoms with E-state index in [9.17, 15) is 4.79 Å². The first-order valence-corrected chi connectivity index (χ1v) is 4.13. The fourth-order valence-corrected chi connectivity index (χ4v) is 0.974. The molecule has 0 bridgehead atoms. The Morgan fingerprint density at radius 2 is 2.33 bits per heavy atom. The van der Waals surface area contributed by atoms with Gasteiger partial charge in [0.05, 0.1) is 0 Å². The molecule has 1 heterocycles. The SMILES string of the molecule is CC(=O)N(C)c1ccnc(Br)n1. The normalized spacial score (nSPS) is 9.58. The molecule has 0 atom stereocenters. The molecule has 0 aliphatic rings. The third-order valence-electron chi connectivity index (χ3n) is 1.43. The van der Waals surface area contributed by atoms with Crippen LogP contribution in [0.1, 0.15) is 6.92 Å². The van der Waals surface area contributed by atoms with Gasteiger partial charge in [0.1, 0.15) is 5.82 Å². The highest BCUT2D eigenvalue weighted by atomic mass is 79.9. The van der Waals surface area contributed by atoms with Gasteiger partial charge >= 0.3 is 0 Å². The maximum absolute atomic E-state index is 10.9. The largest absolute Gasteiger partial charge is 0.300 e. The van der Waals surface area contributed by atoms with Crippen molar-refractivity contribution in [1.82, 2.24) is 9.97 Å². The molecule has 4 nitrogen and oxygen atoms in total. The number of hydrogen-bond acceptors (Lipinski definition) is 3. The summed E-state index contributed by atoms with van der Waals surface area (Å²) in [6.07, 6.45) is 1.59. The van der Waals surface area contributed by atoms with E-state index < -0.39 is 0 Å². The van der Waals surface area contributed by atoms with Crippen LogP contribution >= 0.6 is 15.9 Å². The highest BCUT2D eigenvalue weighted by Gasteiger charge is 2.06. The van der Waals surface area contributed by atoms with Crippen LogP contribution in [-0.2, 0) is 4.79 Å². The topological polar surface area (TPSA) is 46.1 Å². The van der Waals surface area contributed by atoms with Gasteiger partial charge in [-0.05, 0) is 22.0 Å². The number of carbonyl (C=O) groups is 1. The standard InChI is InChI=1S/C7H8BrN3O/c1-5(12)11(2)6-3-4-9-7(8)10-6/h3-4H,1-2H3. The van der Waals surface area contributed by atoms with Crippen molar-refractivity contribution in [1.29, 1.82) is 0 Å². The molecule has 1 aromatic rings. The lowest BCUT2D eigenvalue weighted by molar-refractivity contribution is -0.116. The average Bonchev–Trinajstić information content (AvgIpc) is 2.03. The van der Waals surface area contributed by atoms with E-state index in [1.165, 1.54) is 11.8 Å². The molecular weight excluding hydrogens is 222 g/mol. The molecule has 0 radical (unpaired) electrons. The number of aromatic nitrogens is 2. The molecule has 0 fully saturated rings. The van der Waals surface area contributed by atoms with Crippen LogP contribution < -0.4 is 4.90 Å². The fourth-order valence-electron chi connectivity index (χ4n) is 0.674. The monoisotopic (exact) mass is 229 g/mol. The average molecular weight is 230 g/mol. The Morgan fingerprint density at radius 1 is 1.67 bits per heavy atom. The van der Waals surface area contributed by atoms with Crippen LogP contribution in [-0.4, -0.2) is 22.9 Å². The molecule has 0 aliphatic heterocycles. The van der Waals surface area contributed by atoms with Crippen molar-refractivity contribution >= 4 is 27.7 Å². The number of rotatable bonds is 1. The maximum Gasteiger partial charge on any atom is 0.224 e. The van der Waals surface area contributed by atoms with Crippen LogP contribution in [0.15, 0.2) is 17.0 Å². The summed E-state index contributed by atoms with van der Waals surface area (Å²) in [6.45, 7) is 1.48. The first-order valence-electron chi connectivity index (χ1n) is 3.34. The van der Waals surface area contributed by atoms with Gasteiger partial charge in [-0.25, -0.2) is 9.97 Å². The number of halogens is 1. The lowest BCUT2D eigenvalue weighted by Crippen LogP contribution is -2.23. The summed E-state index contributed by atoms with van der Waals surface area (Å²) in [5.41, 5.74) is 0. The maximum atomic E-state index is 10.9. The van der Waals surface area contributed by atoms with Crippen LogP contribution in [0.25, 0.3) is 0 Å². The molecule has 12 heavy (non-hydrogen) atoms. The summed E-state index contributed by atoms with van der Waals surface area (Å²) in [5.74, 6) is 0.532. The molecule has 0 unspecified atom stereocenters. The van der Waals surface area contributed by atoms with Gasteiger partial charge in [-0.15, -0.1) is 0 Å². The Bertz CT molecular complexity index is 302. The number of carbonyl (C=O) groups excluding carboxylic acids is 1. The molecule has 1 amide bonds. The van der Waals surface area contributed by atoms with Crippen LogP contribution in [0.5, 0.6) is 0 Å². The Labute approximate surface area is 78.8 Å². The van der Waals surface area contributed by atoms with Crippen molar-refractivity contribution in [3.05, 3.63) is 17.0 Å². The van der Waals surface area contributed by atoms with Gasteiger partial charge in [-0.2, -0.15) is 0 Å². The molecule has 0 saturated carbocycles. The van der Waals surface area contributed by atoms with Crippen molar-refractivity contribution in [3.8, 4) is 0 Å². The van der Waals surface area contributed by atoms with Gasteiger partial charge in [0.25, 0.3) is 0 Å². The molecule has 0 spiro atoms. The van der Waals surface area contributed by atoms with E-state index in [2.05, 4.69) is 25.9 Å². The van der Waals surface area contributed by atoms with Crippen molar-refractivity contribution in [2.24, 2.45) is 0 Å². The minimum absolute atomic E-state index is 0.0550. The van der Waals surface area contributed by atoms with E-state index in [0.29, 0.717) is 10.6 Å². The predicted molar refractivity (Wildman–Crippen MR) is 48.8 cm³/mol. The smallest absolute Gasteiger partial charge is 0.224 e.